The Kier molecular flexibility index (Phi) is 5.53. The molecule has 1 atom stereocenters. The predicted molar refractivity (Wildman–Crippen MR) is 107 cm³/mol. The number of nitrogens with zero attached hydrogens (tertiary/aromatic N) is 1. The Bertz CT molecular complexity index is 951. The molecule has 1 heterocycles. The maximum absolute atomic E-state index is 12.9. The number of carbonyl (C=O) groups excluding carboxylic acids is 1. The van der Waals surface area contributed by atoms with Crippen molar-refractivity contribution in [1.29, 1.82) is 0 Å². The number of hydrogen-bond acceptors (Lipinski definition) is 4. The number of benzene rings is 2. The van der Waals surface area contributed by atoms with Crippen LogP contribution in [0.25, 0.3) is 0 Å². The molecule has 2 aromatic carbocycles. The molecule has 0 aliphatic carbocycles. The first-order valence-corrected chi connectivity index (χ1v) is 10.4. The maximum atomic E-state index is 12.9. The third kappa shape index (κ3) is 4.31. The van der Waals surface area contributed by atoms with E-state index in [1.807, 2.05) is 13.0 Å². The summed E-state index contributed by atoms with van der Waals surface area (Å²) in [5.74, 6) is -0.171. The third-order valence-corrected chi connectivity index (χ3v) is 6.42. The summed E-state index contributed by atoms with van der Waals surface area (Å²) in [4.78, 5) is 14.6. The first-order chi connectivity index (χ1) is 12.8. The van der Waals surface area contributed by atoms with Crippen molar-refractivity contribution in [1.82, 2.24) is 10.2 Å². The first-order valence-electron chi connectivity index (χ1n) is 8.96. The number of aryl methyl sites for hydroxylation is 2. The Hall–Kier alpha value is -2.38. The van der Waals surface area contributed by atoms with Crippen molar-refractivity contribution in [2.24, 2.45) is 0 Å². The highest BCUT2D eigenvalue weighted by molar-refractivity contribution is 7.92. The largest absolute Gasteiger partial charge is 0.337 e. The van der Waals surface area contributed by atoms with Gasteiger partial charge >= 0.3 is 0 Å². The summed E-state index contributed by atoms with van der Waals surface area (Å²) in [7, 11) is -2.03. The zero-order chi connectivity index (χ0) is 19.6. The Morgan fingerprint density at radius 2 is 1.96 bits per heavy atom. The summed E-state index contributed by atoms with van der Waals surface area (Å²) in [5.41, 5.74) is 2.43. The normalized spacial score (nSPS) is 16.9. The van der Waals surface area contributed by atoms with Gasteiger partial charge in [0.05, 0.1) is 4.90 Å². The van der Waals surface area contributed by atoms with Crippen molar-refractivity contribution >= 4 is 21.6 Å². The van der Waals surface area contributed by atoms with Gasteiger partial charge in [-0.25, -0.2) is 8.42 Å². The summed E-state index contributed by atoms with van der Waals surface area (Å²) >= 11 is 0. The SMILES string of the molecule is Cc1cccc(NS(=O)(=O)c2cc(C(=O)N(C)C3CCNC3)ccc2C)c1. The van der Waals surface area contributed by atoms with Crippen LogP contribution in [0.1, 0.15) is 27.9 Å². The Morgan fingerprint density at radius 3 is 2.63 bits per heavy atom. The van der Waals surface area contributed by atoms with Crippen LogP contribution in [-0.4, -0.2) is 45.4 Å². The van der Waals surface area contributed by atoms with Crippen LogP contribution in [0.3, 0.4) is 0 Å². The second kappa shape index (κ2) is 7.70. The lowest BCUT2D eigenvalue weighted by atomic mass is 10.1. The van der Waals surface area contributed by atoms with Crippen LogP contribution in [0.15, 0.2) is 47.4 Å². The molecule has 0 aromatic heterocycles. The number of nitrogens with one attached hydrogen (secondary N) is 2. The minimum absolute atomic E-state index is 0.118. The first kappa shape index (κ1) is 19.4. The smallest absolute Gasteiger partial charge is 0.262 e. The molecule has 1 unspecified atom stereocenters. The molecule has 0 spiro atoms. The van der Waals surface area contributed by atoms with E-state index in [0.717, 1.165) is 25.1 Å². The van der Waals surface area contributed by atoms with Crippen molar-refractivity contribution in [3.8, 4) is 0 Å². The Balaban J connectivity index is 1.89. The average molecular weight is 388 g/mol. The lowest BCUT2D eigenvalue weighted by Gasteiger charge is -2.24. The van der Waals surface area contributed by atoms with E-state index in [1.165, 1.54) is 6.07 Å². The van der Waals surface area contributed by atoms with Crippen LogP contribution in [0.5, 0.6) is 0 Å². The highest BCUT2D eigenvalue weighted by atomic mass is 32.2. The Morgan fingerprint density at radius 1 is 1.19 bits per heavy atom. The lowest BCUT2D eigenvalue weighted by molar-refractivity contribution is 0.0743. The molecule has 3 rings (SSSR count). The molecule has 2 aromatic rings. The van der Waals surface area contributed by atoms with Crippen molar-refractivity contribution in [3.05, 3.63) is 59.2 Å². The van der Waals surface area contributed by atoms with Crippen molar-refractivity contribution in [2.75, 3.05) is 24.9 Å². The number of anilines is 1. The molecular formula is C20H25N3O3S. The molecule has 1 fully saturated rings. The second-order valence-electron chi connectivity index (χ2n) is 7.02. The molecule has 1 amide bonds. The summed E-state index contributed by atoms with van der Waals surface area (Å²) in [6.07, 6.45) is 0.897. The van der Waals surface area contributed by atoms with Gasteiger partial charge in [-0.1, -0.05) is 18.2 Å². The molecule has 1 aliphatic rings. The lowest BCUT2D eigenvalue weighted by Crippen LogP contribution is -2.38. The van der Waals surface area contributed by atoms with Crippen LogP contribution in [-0.2, 0) is 10.0 Å². The van der Waals surface area contributed by atoms with Crippen LogP contribution >= 0.6 is 0 Å². The highest BCUT2D eigenvalue weighted by Gasteiger charge is 2.26. The number of amides is 1. The Labute approximate surface area is 160 Å². The van der Waals surface area contributed by atoms with E-state index in [2.05, 4.69) is 10.0 Å². The molecule has 0 radical (unpaired) electrons. The van der Waals surface area contributed by atoms with Gasteiger partial charge in [-0.15, -0.1) is 0 Å². The van der Waals surface area contributed by atoms with Gasteiger partial charge in [0, 0.05) is 30.9 Å². The average Bonchev–Trinajstić information content (AvgIpc) is 3.15. The number of rotatable bonds is 5. The van der Waals surface area contributed by atoms with Gasteiger partial charge in [0.15, 0.2) is 0 Å². The van der Waals surface area contributed by atoms with Gasteiger partial charge in [-0.2, -0.15) is 0 Å². The highest BCUT2D eigenvalue weighted by Crippen LogP contribution is 2.22. The minimum atomic E-state index is -3.79. The van der Waals surface area contributed by atoms with E-state index < -0.39 is 10.0 Å². The molecule has 1 aliphatic heterocycles. The maximum Gasteiger partial charge on any atom is 0.262 e. The molecule has 0 saturated carbocycles. The van der Waals surface area contributed by atoms with Gasteiger partial charge in [0.25, 0.3) is 15.9 Å². The monoisotopic (exact) mass is 387 g/mol. The van der Waals surface area contributed by atoms with E-state index in [0.29, 0.717) is 16.8 Å². The third-order valence-electron chi connectivity index (χ3n) is 4.90. The van der Waals surface area contributed by atoms with Crippen molar-refractivity contribution in [2.45, 2.75) is 31.2 Å². The fraction of sp³-hybridized carbons (Fsp3) is 0.350. The van der Waals surface area contributed by atoms with Gasteiger partial charge in [0.1, 0.15) is 0 Å². The van der Waals surface area contributed by atoms with Gasteiger partial charge in [-0.05, 0) is 62.2 Å². The van der Waals surface area contributed by atoms with E-state index in [-0.39, 0.29) is 16.8 Å². The molecule has 27 heavy (non-hydrogen) atoms. The van der Waals surface area contributed by atoms with Crippen LogP contribution in [0.2, 0.25) is 0 Å². The summed E-state index contributed by atoms with van der Waals surface area (Å²) in [5, 5.41) is 3.24. The summed E-state index contributed by atoms with van der Waals surface area (Å²) in [6, 6.07) is 12.1. The molecular weight excluding hydrogens is 362 g/mol. The van der Waals surface area contributed by atoms with Crippen molar-refractivity contribution < 1.29 is 13.2 Å². The van der Waals surface area contributed by atoms with Crippen molar-refractivity contribution in [3.63, 3.8) is 0 Å². The van der Waals surface area contributed by atoms with Gasteiger partial charge in [-0.3, -0.25) is 9.52 Å². The summed E-state index contributed by atoms with van der Waals surface area (Å²) in [6.45, 7) is 5.27. The fourth-order valence-electron chi connectivity index (χ4n) is 3.28. The van der Waals surface area contributed by atoms with E-state index in [9.17, 15) is 13.2 Å². The van der Waals surface area contributed by atoms with Crippen LogP contribution in [0, 0.1) is 13.8 Å². The second-order valence-corrected chi connectivity index (χ2v) is 8.67. The molecule has 144 valence electrons. The molecule has 2 N–H and O–H groups in total. The summed E-state index contributed by atoms with van der Waals surface area (Å²) < 4.78 is 28.4. The topological polar surface area (TPSA) is 78.5 Å². The zero-order valence-corrected chi connectivity index (χ0v) is 16.6. The predicted octanol–water partition coefficient (Wildman–Crippen LogP) is 2.54. The zero-order valence-electron chi connectivity index (χ0n) is 15.8. The van der Waals surface area contributed by atoms with Crippen LogP contribution in [0.4, 0.5) is 5.69 Å². The van der Waals surface area contributed by atoms with E-state index >= 15 is 0 Å². The fourth-order valence-corrected chi connectivity index (χ4v) is 4.60. The molecule has 1 saturated heterocycles. The molecule has 6 nitrogen and oxygen atoms in total. The number of carbonyl (C=O) groups is 1. The van der Waals surface area contributed by atoms with Gasteiger partial charge in [0.2, 0.25) is 0 Å². The van der Waals surface area contributed by atoms with Gasteiger partial charge < -0.3 is 10.2 Å². The number of hydrogen-bond donors (Lipinski definition) is 2. The quantitative estimate of drug-likeness (QED) is 0.826. The standard InChI is InChI=1S/C20H25N3O3S/c1-14-5-4-6-17(11-14)22-27(25,26)19-12-16(8-7-15(19)2)20(24)23(3)18-9-10-21-13-18/h4-8,11-12,18,21-22H,9-10,13H2,1-3H3. The molecule has 7 heteroatoms. The van der Waals surface area contributed by atoms with E-state index in [1.54, 1.807) is 49.2 Å². The number of likely N-dealkylation sites (N-methyl/N-ethyl adjacent to an activating group) is 1. The molecule has 0 bridgehead atoms. The minimum Gasteiger partial charge on any atom is -0.337 e. The van der Waals surface area contributed by atoms with E-state index in [4.69, 9.17) is 0 Å². The number of sulfonamides is 1. The van der Waals surface area contributed by atoms with Crippen LogP contribution < -0.4 is 10.0 Å².